The van der Waals surface area contributed by atoms with Gasteiger partial charge in [-0.2, -0.15) is 5.26 Å². The second-order valence-corrected chi connectivity index (χ2v) is 4.14. The third-order valence-corrected chi connectivity index (χ3v) is 2.68. The van der Waals surface area contributed by atoms with Crippen LogP contribution in [0.3, 0.4) is 0 Å². The molecule has 1 heterocycles. The average molecular weight is 253 g/mol. The molecular formula is C15H15N3O. The molecule has 0 saturated carbocycles. The smallest absolute Gasteiger partial charge is 0.140 e. The van der Waals surface area contributed by atoms with Gasteiger partial charge in [0.15, 0.2) is 0 Å². The molecule has 4 heteroatoms. The van der Waals surface area contributed by atoms with Gasteiger partial charge in [0.05, 0.1) is 0 Å². The summed E-state index contributed by atoms with van der Waals surface area (Å²) in [4.78, 5) is 3.92. The molecule has 0 aliphatic rings. The van der Waals surface area contributed by atoms with Gasteiger partial charge in [-0.25, -0.2) is 4.98 Å². The summed E-state index contributed by atoms with van der Waals surface area (Å²) in [6, 6.07) is 13.4. The number of hydrogen-bond acceptors (Lipinski definition) is 4. The minimum absolute atomic E-state index is 0.401. The molecule has 0 atom stereocenters. The van der Waals surface area contributed by atoms with Gasteiger partial charge in [0.2, 0.25) is 0 Å². The first-order valence-electron chi connectivity index (χ1n) is 6.08. The van der Waals surface area contributed by atoms with Crippen molar-refractivity contribution in [3.05, 3.63) is 59.4 Å². The van der Waals surface area contributed by atoms with E-state index in [0.717, 1.165) is 23.3 Å². The molecule has 2 N–H and O–H groups in total. The fraction of sp³-hybridized carbons (Fsp3) is 0.200. The van der Waals surface area contributed by atoms with Gasteiger partial charge in [0, 0.05) is 6.20 Å². The van der Waals surface area contributed by atoms with Gasteiger partial charge in [0.1, 0.15) is 24.1 Å². The maximum absolute atomic E-state index is 8.78. The van der Waals surface area contributed by atoms with Crippen molar-refractivity contribution in [1.82, 2.24) is 4.98 Å². The van der Waals surface area contributed by atoms with Crippen LogP contribution in [0, 0.1) is 11.3 Å². The van der Waals surface area contributed by atoms with Crippen molar-refractivity contribution in [1.29, 1.82) is 5.26 Å². The summed E-state index contributed by atoms with van der Waals surface area (Å²) in [7, 11) is 0. The van der Waals surface area contributed by atoms with E-state index in [2.05, 4.69) is 4.98 Å². The first-order chi connectivity index (χ1) is 9.31. The maximum Gasteiger partial charge on any atom is 0.140 e. The summed E-state index contributed by atoms with van der Waals surface area (Å²) in [5.74, 6) is 0.807. The molecule has 96 valence electrons. The van der Waals surface area contributed by atoms with Crippen LogP contribution in [0.15, 0.2) is 42.6 Å². The number of aromatic nitrogens is 1. The first-order valence-corrected chi connectivity index (χ1v) is 6.08. The Bertz CT molecular complexity index is 590. The minimum atomic E-state index is 0.401. The predicted octanol–water partition coefficient (Wildman–Crippen LogP) is 2.03. The van der Waals surface area contributed by atoms with Crippen LogP contribution in [-0.2, 0) is 13.0 Å². The molecule has 4 nitrogen and oxygen atoms in total. The van der Waals surface area contributed by atoms with Crippen molar-refractivity contribution in [2.75, 3.05) is 6.54 Å². The minimum Gasteiger partial charge on any atom is -0.489 e. The van der Waals surface area contributed by atoms with E-state index in [1.165, 1.54) is 0 Å². The molecule has 0 radical (unpaired) electrons. The van der Waals surface area contributed by atoms with Crippen LogP contribution in [0.25, 0.3) is 0 Å². The van der Waals surface area contributed by atoms with Crippen molar-refractivity contribution in [3.63, 3.8) is 0 Å². The number of pyridine rings is 1. The molecule has 2 aromatic rings. The molecule has 1 aromatic heterocycles. The lowest BCUT2D eigenvalue weighted by Gasteiger charge is -2.08. The molecule has 19 heavy (non-hydrogen) atoms. The van der Waals surface area contributed by atoms with Crippen molar-refractivity contribution in [2.45, 2.75) is 13.0 Å². The number of rotatable bonds is 5. The summed E-state index contributed by atoms with van der Waals surface area (Å²) in [6.07, 6.45) is 2.45. The number of ether oxygens (including phenoxy) is 1. The Morgan fingerprint density at radius 3 is 2.89 bits per heavy atom. The van der Waals surface area contributed by atoms with Gasteiger partial charge in [-0.05, 0) is 48.4 Å². The summed E-state index contributed by atoms with van der Waals surface area (Å²) in [6.45, 7) is 1.04. The van der Waals surface area contributed by atoms with Crippen LogP contribution in [-0.4, -0.2) is 11.5 Å². The highest BCUT2D eigenvalue weighted by Gasteiger charge is 2.00. The molecule has 0 bridgehead atoms. The Labute approximate surface area is 112 Å². The second-order valence-electron chi connectivity index (χ2n) is 4.14. The van der Waals surface area contributed by atoms with Crippen molar-refractivity contribution in [2.24, 2.45) is 5.73 Å². The van der Waals surface area contributed by atoms with E-state index < -0.39 is 0 Å². The van der Waals surface area contributed by atoms with Crippen LogP contribution in [0.5, 0.6) is 5.75 Å². The van der Waals surface area contributed by atoms with Crippen molar-refractivity contribution < 1.29 is 4.74 Å². The lowest BCUT2D eigenvalue weighted by molar-refractivity contribution is 0.306. The highest BCUT2D eigenvalue weighted by molar-refractivity contribution is 5.30. The molecule has 0 aliphatic carbocycles. The Hall–Kier alpha value is -2.38. The lowest BCUT2D eigenvalue weighted by Crippen LogP contribution is -2.03. The molecular weight excluding hydrogens is 238 g/mol. The summed E-state index contributed by atoms with van der Waals surface area (Å²) in [5.41, 5.74) is 8.02. The van der Waals surface area contributed by atoms with Crippen LogP contribution < -0.4 is 10.5 Å². The predicted molar refractivity (Wildman–Crippen MR) is 72.5 cm³/mol. The highest BCUT2D eigenvalue weighted by atomic mass is 16.5. The van der Waals surface area contributed by atoms with E-state index in [-0.39, 0.29) is 0 Å². The van der Waals surface area contributed by atoms with E-state index in [1.54, 1.807) is 12.3 Å². The Balaban J connectivity index is 2.01. The van der Waals surface area contributed by atoms with E-state index in [1.807, 2.05) is 36.4 Å². The van der Waals surface area contributed by atoms with Gasteiger partial charge >= 0.3 is 0 Å². The summed E-state index contributed by atoms with van der Waals surface area (Å²) < 4.78 is 5.70. The lowest BCUT2D eigenvalue weighted by atomic mass is 10.1. The van der Waals surface area contributed by atoms with Crippen LogP contribution in [0.4, 0.5) is 0 Å². The van der Waals surface area contributed by atoms with Crippen LogP contribution in [0.1, 0.15) is 16.8 Å². The van der Waals surface area contributed by atoms with Crippen molar-refractivity contribution >= 4 is 0 Å². The first kappa shape index (κ1) is 13.1. The standard InChI is InChI=1S/C15H15N3O/c16-6-4-12-2-1-3-15(9-12)19-11-13-5-7-18-14(8-13)10-17/h1-3,5,7-9H,4,6,11,16H2. The number of benzene rings is 1. The number of nitrogens with zero attached hydrogens (tertiary/aromatic N) is 2. The van der Waals surface area contributed by atoms with E-state index >= 15 is 0 Å². The third-order valence-electron chi connectivity index (χ3n) is 2.68. The topological polar surface area (TPSA) is 71.9 Å². The molecule has 0 aliphatic heterocycles. The van der Waals surface area contributed by atoms with E-state index in [4.69, 9.17) is 15.7 Å². The zero-order chi connectivity index (χ0) is 13.5. The fourth-order valence-corrected chi connectivity index (χ4v) is 1.75. The van der Waals surface area contributed by atoms with Crippen LogP contribution >= 0.6 is 0 Å². The number of nitriles is 1. The molecule has 0 fully saturated rings. The molecule has 1 aromatic carbocycles. The zero-order valence-electron chi connectivity index (χ0n) is 10.5. The van der Waals surface area contributed by atoms with Crippen molar-refractivity contribution in [3.8, 4) is 11.8 Å². The molecule has 0 unspecified atom stereocenters. The largest absolute Gasteiger partial charge is 0.489 e. The highest BCUT2D eigenvalue weighted by Crippen LogP contribution is 2.15. The molecule has 0 amide bonds. The van der Waals surface area contributed by atoms with Gasteiger partial charge in [-0.3, -0.25) is 0 Å². The zero-order valence-corrected chi connectivity index (χ0v) is 10.5. The molecule has 0 spiro atoms. The summed E-state index contributed by atoms with van der Waals surface area (Å²) >= 11 is 0. The van der Waals surface area contributed by atoms with Crippen LogP contribution in [0.2, 0.25) is 0 Å². The van der Waals surface area contributed by atoms with Gasteiger partial charge < -0.3 is 10.5 Å². The number of hydrogen-bond donors (Lipinski definition) is 1. The quantitative estimate of drug-likeness (QED) is 0.885. The SMILES string of the molecule is N#Cc1cc(COc2cccc(CCN)c2)ccn1. The molecule has 2 rings (SSSR count). The normalized spacial score (nSPS) is 9.89. The Kier molecular flexibility index (Phi) is 4.49. The average Bonchev–Trinajstić information content (AvgIpc) is 2.46. The maximum atomic E-state index is 8.78. The van der Waals surface area contributed by atoms with Gasteiger partial charge in [-0.1, -0.05) is 12.1 Å². The molecule has 0 saturated heterocycles. The second kappa shape index (κ2) is 6.53. The van der Waals surface area contributed by atoms with E-state index in [9.17, 15) is 0 Å². The monoisotopic (exact) mass is 253 g/mol. The van der Waals surface area contributed by atoms with Gasteiger partial charge in [0.25, 0.3) is 0 Å². The van der Waals surface area contributed by atoms with E-state index in [0.29, 0.717) is 18.8 Å². The fourth-order valence-electron chi connectivity index (χ4n) is 1.75. The number of nitrogens with two attached hydrogens (primary N) is 1. The Morgan fingerprint density at radius 2 is 2.11 bits per heavy atom. The third kappa shape index (κ3) is 3.80. The Morgan fingerprint density at radius 1 is 1.21 bits per heavy atom. The summed E-state index contributed by atoms with van der Waals surface area (Å²) in [5, 5.41) is 8.78. The van der Waals surface area contributed by atoms with Gasteiger partial charge in [-0.15, -0.1) is 0 Å².